The Morgan fingerprint density at radius 3 is 1.88 bits per heavy atom. The van der Waals surface area contributed by atoms with E-state index in [0.717, 1.165) is 0 Å². The zero-order valence-electron chi connectivity index (χ0n) is 8.93. The molecule has 1 aromatic carbocycles. The van der Waals surface area contributed by atoms with E-state index in [1.165, 1.54) is 12.2 Å². The molecule has 0 saturated carbocycles. The number of hydrogen-bond donors (Lipinski definition) is 4. The van der Waals surface area contributed by atoms with Crippen LogP contribution >= 0.6 is 0 Å². The van der Waals surface area contributed by atoms with Crippen LogP contribution in [0.4, 0.5) is 5.69 Å². The summed E-state index contributed by atoms with van der Waals surface area (Å²) >= 11 is 0. The Hall–Kier alpha value is -2.36. The fourth-order valence-corrected chi connectivity index (χ4v) is 0.678. The van der Waals surface area contributed by atoms with Gasteiger partial charge in [-0.25, -0.2) is 0 Å². The molecule has 0 heterocycles. The Kier molecular flexibility index (Phi) is 5.97. The van der Waals surface area contributed by atoms with Crippen molar-refractivity contribution in [3.63, 3.8) is 0 Å². The molecule has 0 radical (unpaired) electrons. The molecule has 0 aromatic heterocycles. The van der Waals surface area contributed by atoms with Crippen molar-refractivity contribution in [1.29, 1.82) is 0 Å². The second-order valence-corrected chi connectivity index (χ2v) is 2.99. The minimum Gasteiger partial charge on any atom is -0.509 e. The summed E-state index contributed by atoms with van der Waals surface area (Å²) < 4.78 is 0. The number of allylic oxidation sites excluding steroid dienone is 2. The van der Waals surface area contributed by atoms with Crippen LogP contribution in [0, 0.1) is 0 Å². The molecule has 0 aliphatic carbocycles. The van der Waals surface area contributed by atoms with Crippen LogP contribution in [0.2, 0.25) is 0 Å². The molecule has 0 fully saturated rings. The molecule has 4 nitrogen and oxygen atoms in total. The summed E-state index contributed by atoms with van der Waals surface area (Å²) in [6.07, 6.45) is 2.85. The first kappa shape index (κ1) is 13.6. The third-order valence-electron chi connectivity index (χ3n) is 1.38. The lowest BCUT2D eigenvalue weighted by Crippen LogP contribution is -1.88. The van der Waals surface area contributed by atoms with E-state index in [2.05, 4.69) is 13.2 Å². The summed E-state index contributed by atoms with van der Waals surface area (Å²) in [4.78, 5) is 0. The summed E-state index contributed by atoms with van der Waals surface area (Å²) in [5.74, 6) is 0.232. The molecule has 86 valence electrons. The molecule has 4 heteroatoms. The van der Waals surface area contributed by atoms with Crippen molar-refractivity contribution < 1.29 is 10.2 Å². The SMILES string of the molecule is C=C(N)/C=C\C(=C)O.Nc1ccc(O)cc1. The number of hydrogen-bond acceptors (Lipinski definition) is 4. The number of phenols is 1. The number of aliphatic hydroxyl groups excluding tert-OH is 1. The summed E-state index contributed by atoms with van der Waals surface area (Å²) in [6, 6.07) is 6.40. The van der Waals surface area contributed by atoms with E-state index in [1.807, 2.05) is 0 Å². The molecule has 0 bridgehead atoms. The Morgan fingerprint density at radius 1 is 1.12 bits per heavy atom. The van der Waals surface area contributed by atoms with Crippen molar-refractivity contribution in [2.45, 2.75) is 0 Å². The zero-order valence-corrected chi connectivity index (χ0v) is 8.93. The van der Waals surface area contributed by atoms with Gasteiger partial charge in [0.25, 0.3) is 0 Å². The highest BCUT2D eigenvalue weighted by molar-refractivity contribution is 5.40. The van der Waals surface area contributed by atoms with Gasteiger partial charge >= 0.3 is 0 Å². The molecule has 6 N–H and O–H groups in total. The molecule has 0 aliphatic heterocycles. The number of benzene rings is 1. The van der Waals surface area contributed by atoms with E-state index < -0.39 is 0 Å². The minimum absolute atomic E-state index is 0.0170. The molecule has 1 aromatic rings. The molecule has 0 unspecified atom stereocenters. The summed E-state index contributed by atoms with van der Waals surface area (Å²) in [5.41, 5.74) is 11.5. The second kappa shape index (κ2) is 7.00. The second-order valence-electron chi connectivity index (χ2n) is 2.99. The van der Waals surface area contributed by atoms with Gasteiger partial charge in [0.1, 0.15) is 11.5 Å². The number of nitrogen functional groups attached to an aromatic ring is 1. The minimum atomic E-state index is -0.0170. The number of aliphatic hydroxyl groups is 1. The molecule has 0 saturated heterocycles. The quantitative estimate of drug-likeness (QED) is 0.266. The molecule has 16 heavy (non-hydrogen) atoms. The van der Waals surface area contributed by atoms with Crippen molar-refractivity contribution in [2.75, 3.05) is 5.73 Å². The number of phenolic OH excluding ortho intramolecular Hbond substituents is 1. The molecule has 1 rings (SSSR count). The predicted octanol–water partition coefficient (Wildman–Crippen LogP) is 2.06. The van der Waals surface area contributed by atoms with Gasteiger partial charge in [0.2, 0.25) is 0 Å². The Labute approximate surface area is 94.8 Å². The van der Waals surface area contributed by atoms with E-state index >= 15 is 0 Å². The molecule has 0 amide bonds. The molecule has 0 spiro atoms. The number of aromatic hydroxyl groups is 1. The lowest BCUT2D eigenvalue weighted by Gasteiger charge is -1.89. The maximum Gasteiger partial charge on any atom is 0.115 e. The summed E-state index contributed by atoms with van der Waals surface area (Å²) in [5, 5.41) is 17.1. The fourth-order valence-electron chi connectivity index (χ4n) is 0.678. The van der Waals surface area contributed by atoms with Crippen LogP contribution in [0.1, 0.15) is 0 Å². The molecule has 0 atom stereocenters. The van der Waals surface area contributed by atoms with E-state index in [4.69, 9.17) is 21.7 Å². The standard InChI is InChI=1S/C6H7NO.C6H9NO/c7-5-1-3-6(8)4-2-5;1-5(7)3-4-6(2)8/h1-4,8H,7H2;3-4,8H,1-2,7H2/b;4-3-. The number of nitrogens with two attached hydrogens (primary N) is 2. The topological polar surface area (TPSA) is 92.5 Å². The molecule has 0 aliphatic rings. The van der Waals surface area contributed by atoms with Crippen molar-refractivity contribution in [1.82, 2.24) is 0 Å². The van der Waals surface area contributed by atoms with E-state index in [1.54, 1.807) is 24.3 Å². The van der Waals surface area contributed by atoms with Gasteiger partial charge in [-0.15, -0.1) is 0 Å². The van der Waals surface area contributed by atoms with Gasteiger partial charge in [-0.05, 0) is 36.4 Å². The number of rotatable bonds is 2. The van der Waals surface area contributed by atoms with Crippen LogP contribution in [0.5, 0.6) is 5.75 Å². The lowest BCUT2D eigenvalue weighted by molar-refractivity contribution is 0.435. The third-order valence-corrected chi connectivity index (χ3v) is 1.38. The van der Waals surface area contributed by atoms with Gasteiger partial charge in [-0.2, -0.15) is 0 Å². The van der Waals surface area contributed by atoms with E-state index in [9.17, 15) is 0 Å². The van der Waals surface area contributed by atoms with E-state index in [-0.39, 0.29) is 11.5 Å². The Morgan fingerprint density at radius 2 is 1.62 bits per heavy atom. The monoisotopic (exact) mass is 220 g/mol. The third kappa shape index (κ3) is 8.25. The Bertz CT molecular complexity index is 344. The average Bonchev–Trinajstić information content (AvgIpc) is 2.20. The van der Waals surface area contributed by atoms with Crippen LogP contribution in [0.15, 0.2) is 61.0 Å². The summed E-state index contributed by atoms with van der Waals surface area (Å²) in [6.45, 7) is 6.56. The van der Waals surface area contributed by atoms with Gasteiger partial charge in [0.15, 0.2) is 0 Å². The van der Waals surface area contributed by atoms with Crippen LogP contribution < -0.4 is 11.5 Å². The first-order chi connectivity index (χ1) is 7.41. The largest absolute Gasteiger partial charge is 0.509 e. The first-order valence-electron chi connectivity index (χ1n) is 4.46. The highest BCUT2D eigenvalue weighted by atomic mass is 16.3. The normalized spacial score (nSPS) is 9.25. The van der Waals surface area contributed by atoms with Crippen LogP contribution in [-0.2, 0) is 0 Å². The van der Waals surface area contributed by atoms with Crippen molar-refractivity contribution in [3.05, 3.63) is 61.0 Å². The average molecular weight is 220 g/mol. The number of anilines is 1. The van der Waals surface area contributed by atoms with Gasteiger partial charge in [-0.3, -0.25) is 0 Å². The van der Waals surface area contributed by atoms with E-state index in [0.29, 0.717) is 11.4 Å². The van der Waals surface area contributed by atoms with Crippen molar-refractivity contribution in [3.8, 4) is 5.75 Å². The lowest BCUT2D eigenvalue weighted by atomic mass is 10.3. The zero-order chi connectivity index (χ0) is 12.6. The maximum absolute atomic E-state index is 8.70. The van der Waals surface area contributed by atoms with Crippen molar-refractivity contribution >= 4 is 5.69 Å². The maximum atomic E-state index is 8.70. The molecular weight excluding hydrogens is 204 g/mol. The summed E-state index contributed by atoms with van der Waals surface area (Å²) in [7, 11) is 0. The van der Waals surface area contributed by atoms with Gasteiger partial charge < -0.3 is 21.7 Å². The van der Waals surface area contributed by atoms with Crippen molar-refractivity contribution in [2.24, 2.45) is 5.73 Å². The Balaban J connectivity index is 0.000000281. The molecular formula is C12H16N2O2. The van der Waals surface area contributed by atoms with Gasteiger partial charge in [0.05, 0.1) is 0 Å². The van der Waals surface area contributed by atoms with Crippen LogP contribution in [-0.4, -0.2) is 10.2 Å². The highest BCUT2D eigenvalue weighted by Gasteiger charge is 1.82. The van der Waals surface area contributed by atoms with Crippen LogP contribution in [0.25, 0.3) is 0 Å². The fraction of sp³-hybridized carbons (Fsp3) is 0. The van der Waals surface area contributed by atoms with Crippen LogP contribution in [0.3, 0.4) is 0 Å². The van der Waals surface area contributed by atoms with Gasteiger partial charge in [-0.1, -0.05) is 13.2 Å². The first-order valence-corrected chi connectivity index (χ1v) is 4.46. The van der Waals surface area contributed by atoms with Gasteiger partial charge in [0, 0.05) is 11.4 Å². The predicted molar refractivity (Wildman–Crippen MR) is 66.8 cm³/mol. The highest BCUT2D eigenvalue weighted by Crippen LogP contribution is 2.09. The smallest absolute Gasteiger partial charge is 0.115 e.